The van der Waals surface area contributed by atoms with Gasteiger partial charge in [0.25, 0.3) is 0 Å². The van der Waals surface area contributed by atoms with Crippen LogP contribution in [0.1, 0.15) is 26.3 Å². The van der Waals surface area contributed by atoms with Crippen LogP contribution in [-0.2, 0) is 5.41 Å². The quantitative estimate of drug-likeness (QED) is 0.704. The highest BCUT2D eigenvalue weighted by Gasteiger charge is 2.19. The maximum atomic E-state index is 6.08. The topological polar surface area (TPSA) is 9.23 Å². The second-order valence-corrected chi connectivity index (χ2v) is 6.73. The molecule has 0 fully saturated rings. The van der Waals surface area contributed by atoms with Crippen molar-refractivity contribution in [2.24, 2.45) is 0 Å². The summed E-state index contributed by atoms with van der Waals surface area (Å²) >= 11 is 5.98. The standard InChI is InChI=1S/C16H18ClOP/c1-16(2,3)12-8-4-5-9-13(12)18-14-10-6-7-11-15(14)19-17/h4-11,19H,1-3H3. The van der Waals surface area contributed by atoms with Gasteiger partial charge in [-0.2, -0.15) is 0 Å². The zero-order valence-corrected chi connectivity index (χ0v) is 13.2. The summed E-state index contributed by atoms with van der Waals surface area (Å²) in [7, 11) is 0.211. The van der Waals surface area contributed by atoms with Crippen LogP contribution in [-0.4, -0.2) is 0 Å². The normalized spacial score (nSPS) is 12.0. The van der Waals surface area contributed by atoms with Gasteiger partial charge in [0.2, 0.25) is 0 Å². The van der Waals surface area contributed by atoms with E-state index in [4.69, 9.17) is 16.0 Å². The van der Waals surface area contributed by atoms with Crippen LogP contribution in [0.5, 0.6) is 11.5 Å². The molecule has 0 radical (unpaired) electrons. The summed E-state index contributed by atoms with van der Waals surface area (Å²) in [5.74, 6) is 1.74. The van der Waals surface area contributed by atoms with E-state index in [0.717, 1.165) is 16.8 Å². The Bertz CT molecular complexity index is 561. The van der Waals surface area contributed by atoms with E-state index in [2.05, 4.69) is 26.8 Å². The largest absolute Gasteiger partial charge is 0.456 e. The fraction of sp³-hybridized carbons (Fsp3) is 0.250. The summed E-state index contributed by atoms with van der Waals surface area (Å²) in [5.41, 5.74) is 1.25. The molecule has 100 valence electrons. The molecule has 1 atom stereocenters. The third-order valence-corrected chi connectivity index (χ3v) is 4.13. The molecular weight excluding hydrogens is 275 g/mol. The zero-order chi connectivity index (χ0) is 13.9. The molecular formula is C16H18ClOP. The van der Waals surface area contributed by atoms with E-state index >= 15 is 0 Å². The maximum absolute atomic E-state index is 6.08. The predicted molar refractivity (Wildman–Crippen MR) is 85.5 cm³/mol. The number of hydrogen-bond donors (Lipinski definition) is 0. The van der Waals surface area contributed by atoms with Crippen molar-refractivity contribution in [1.82, 2.24) is 0 Å². The Labute approximate surface area is 121 Å². The van der Waals surface area contributed by atoms with Crippen LogP contribution in [0.15, 0.2) is 48.5 Å². The Balaban J connectivity index is 2.39. The number of halogens is 1. The van der Waals surface area contributed by atoms with Gasteiger partial charge in [0.15, 0.2) is 0 Å². The number of rotatable bonds is 3. The van der Waals surface area contributed by atoms with E-state index in [1.165, 1.54) is 5.56 Å². The highest BCUT2D eigenvalue weighted by atomic mass is 35.7. The molecule has 1 unspecified atom stereocenters. The molecule has 0 heterocycles. The lowest BCUT2D eigenvalue weighted by molar-refractivity contribution is 0.458. The van der Waals surface area contributed by atoms with Crippen molar-refractivity contribution in [3.05, 3.63) is 54.1 Å². The molecule has 0 aliphatic rings. The van der Waals surface area contributed by atoms with Crippen LogP contribution in [0.3, 0.4) is 0 Å². The first-order valence-electron chi connectivity index (χ1n) is 6.25. The van der Waals surface area contributed by atoms with Crippen LogP contribution >= 0.6 is 19.2 Å². The second kappa shape index (κ2) is 5.94. The Morgan fingerprint density at radius 3 is 2.11 bits per heavy atom. The lowest BCUT2D eigenvalue weighted by Crippen LogP contribution is -2.13. The lowest BCUT2D eigenvalue weighted by Gasteiger charge is -2.23. The Morgan fingerprint density at radius 1 is 0.895 bits per heavy atom. The molecule has 0 saturated carbocycles. The van der Waals surface area contributed by atoms with Crippen molar-refractivity contribution in [3.8, 4) is 11.5 Å². The van der Waals surface area contributed by atoms with Gasteiger partial charge >= 0.3 is 0 Å². The summed E-state index contributed by atoms with van der Waals surface area (Å²) in [6.07, 6.45) is 0. The van der Waals surface area contributed by atoms with Crippen molar-refractivity contribution < 1.29 is 4.74 Å². The van der Waals surface area contributed by atoms with Crippen molar-refractivity contribution in [1.29, 1.82) is 0 Å². The van der Waals surface area contributed by atoms with Gasteiger partial charge in [-0.1, -0.05) is 62.3 Å². The summed E-state index contributed by atoms with van der Waals surface area (Å²) < 4.78 is 6.08. The van der Waals surface area contributed by atoms with Gasteiger partial charge in [-0.05, 0) is 23.6 Å². The van der Waals surface area contributed by atoms with Crippen molar-refractivity contribution in [2.75, 3.05) is 0 Å². The van der Waals surface area contributed by atoms with E-state index in [9.17, 15) is 0 Å². The highest BCUT2D eigenvalue weighted by molar-refractivity contribution is 7.75. The molecule has 0 spiro atoms. The average Bonchev–Trinajstić information content (AvgIpc) is 2.39. The summed E-state index contributed by atoms with van der Waals surface area (Å²) in [4.78, 5) is 0. The molecule has 2 aromatic carbocycles. The van der Waals surface area contributed by atoms with Crippen LogP contribution in [0.4, 0.5) is 0 Å². The van der Waals surface area contributed by atoms with Gasteiger partial charge in [-0.15, -0.1) is 0 Å². The third-order valence-electron chi connectivity index (χ3n) is 2.90. The molecule has 2 rings (SSSR count). The zero-order valence-electron chi connectivity index (χ0n) is 11.4. The smallest absolute Gasteiger partial charge is 0.136 e. The van der Waals surface area contributed by atoms with E-state index < -0.39 is 0 Å². The van der Waals surface area contributed by atoms with Crippen LogP contribution in [0.25, 0.3) is 0 Å². The summed E-state index contributed by atoms with van der Waals surface area (Å²) in [5, 5.41) is 1.04. The molecule has 0 aliphatic heterocycles. The fourth-order valence-corrected chi connectivity index (χ4v) is 2.78. The van der Waals surface area contributed by atoms with Crippen molar-refractivity contribution in [3.63, 3.8) is 0 Å². The average molecular weight is 293 g/mol. The number of ether oxygens (including phenoxy) is 1. The van der Waals surface area contributed by atoms with E-state index in [0.29, 0.717) is 0 Å². The molecule has 0 aromatic heterocycles. The van der Waals surface area contributed by atoms with Gasteiger partial charge in [0.05, 0.1) is 0 Å². The third kappa shape index (κ3) is 3.49. The predicted octanol–water partition coefficient (Wildman–Crippen LogP) is 5.23. The van der Waals surface area contributed by atoms with Crippen LogP contribution in [0.2, 0.25) is 0 Å². The molecule has 0 saturated heterocycles. The molecule has 0 N–H and O–H groups in total. The monoisotopic (exact) mass is 292 g/mol. The first kappa shape index (κ1) is 14.4. The van der Waals surface area contributed by atoms with Gasteiger partial charge < -0.3 is 4.74 Å². The van der Waals surface area contributed by atoms with Crippen LogP contribution in [0, 0.1) is 0 Å². The number of benzene rings is 2. The first-order valence-corrected chi connectivity index (χ1v) is 8.26. The number of hydrogen-bond acceptors (Lipinski definition) is 1. The molecule has 0 aliphatic carbocycles. The van der Waals surface area contributed by atoms with Gasteiger partial charge in [0, 0.05) is 18.8 Å². The Hall–Kier alpha value is -1.04. The molecule has 2 aromatic rings. The lowest BCUT2D eigenvalue weighted by atomic mass is 9.86. The SMILES string of the molecule is CC(C)(C)c1ccccc1Oc1ccccc1PCl. The minimum absolute atomic E-state index is 0.0504. The Morgan fingerprint density at radius 2 is 1.47 bits per heavy atom. The van der Waals surface area contributed by atoms with E-state index in [1.807, 2.05) is 42.5 Å². The maximum Gasteiger partial charge on any atom is 0.136 e. The summed E-state index contributed by atoms with van der Waals surface area (Å²) in [6, 6.07) is 16.1. The molecule has 0 amide bonds. The van der Waals surface area contributed by atoms with Crippen molar-refractivity contribution >= 4 is 24.5 Å². The van der Waals surface area contributed by atoms with Gasteiger partial charge in [0.1, 0.15) is 11.5 Å². The van der Waals surface area contributed by atoms with E-state index in [1.54, 1.807) is 0 Å². The Kier molecular flexibility index (Phi) is 4.50. The van der Waals surface area contributed by atoms with Gasteiger partial charge in [-0.3, -0.25) is 0 Å². The number of para-hydroxylation sites is 2. The second-order valence-electron chi connectivity index (χ2n) is 5.44. The van der Waals surface area contributed by atoms with E-state index in [-0.39, 0.29) is 13.3 Å². The minimum atomic E-state index is 0.0504. The van der Waals surface area contributed by atoms with Gasteiger partial charge in [-0.25, -0.2) is 0 Å². The van der Waals surface area contributed by atoms with Crippen LogP contribution < -0.4 is 10.0 Å². The summed E-state index contributed by atoms with van der Waals surface area (Å²) in [6.45, 7) is 6.55. The first-order chi connectivity index (χ1) is 9.02. The fourth-order valence-electron chi connectivity index (χ4n) is 1.93. The van der Waals surface area contributed by atoms with Crippen molar-refractivity contribution in [2.45, 2.75) is 26.2 Å². The molecule has 1 nitrogen and oxygen atoms in total. The molecule has 3 heteroatoms. The minimum Gasteiger partial charge on any atom is -0.456 e. The molecule has 0 bridgehead atoms. The molecule has 19 heavy (non-hydrogen) atoms. The highest BCUT2D eigenvalue weighted by Crippen LogP contribution is 2.34.